The molecule has 2 rings (SSSR count). The van der Waals surface area contributed by atoms with E-state index in [-0.39, 0.29) is 17.9 Å². The number of benzene rings is 1. The first-order valence-corrected chi connectivity index (χ1v) is 7.58. The molecule has 0 bridgehead atoms. The quantitative estimate of drug-likeness (QED) is 0.671. The van der Waals surface area contributed by atoms with E-state index in [9.17, 15) is 9.59 Å². The summed E-state index contributed by atoms with van der Waals surface area (Å²) < 4.78 is 0. The van der Waals surface area contributed by atoms with E-state index in [1.807, 2.05) is 13.8 Å². The zero-order valence-electron chi connectivity index (χ0n) is 13.6. The zero-order chi connectivity index (χ0) is 17.5. The lowest BCUT2D eigenvalue weighted by molar-refractivity contribution is -0.111. The van der Waals surface area contributed by atoms with Gasteiger partial charge in [-0.15, -0.1) is 10.2 Å². The molecule has 0 aliphatic carbocycles. The minimum Gasteiger partial charge on any atom is -0.342 e. The van der Waals surface area contributed by atoms with E-state index < -0.39 is 0 Å². The van der Waals surface area contributed by atoms with E-state index >= 15 is 0 Å². The van der Waals surface area contributed by atoms with Gasteiger partial charge in [0.1, 0.15) is 0 Å². The Bertz CT molecular complexity index is 711. The maximum absolute atomic E-state index is 12.6. The molecular weight excluding hydrogens is 308 g/mol. The molecule has 0 saturated heterocycles. The van der Waals surface area contributed by atoms with Gasteiger partial charge < -0.3 is 10.6 Å². The summed E-state index contributed by atoms with van der Waals surface area (Å²) in [4.78, 5) is 24.2. The van der Waals surface area contributed by atoms with Crippen LogP contribution in [0.15, 0.2) is 36.9 Å². The Balaban J connectivity index is 2.21. The molecule has 8 heteroatoms. The summed E-state index contributed by atoms with van der Waals surface area (Å²) in [6.45, 7) is 7.48. The number of anilines is 1. The zero-order valence-corrected chi connectivity index (χ0v) is 13.6. The van der Waals surface area contributed by atoms with Crippen molar-refractivity contribution < 1.29 is 9.59 Å². The standard InChI is InChI=1S/C16H20N6O2/c1-4-14(23)17-12-8-6-5-7-11(12)16(24)18-13(9-10(2)3)15-19-21-22-20-15/h4-8,10,13H,1,9H2,2-3H3,(H,17,23)(H,18,24)(H,19,20,21,22). The second kappa shape index (κ2) is 8.00. The van der Waals surface area contributed by atoms with Gasteiger partial charge in [-0.2, -0.15) is 5.21 Å². The molecule has 24 heavy (non-hydrogen) atoms. The number of nitrogens with zero attached hydrogens (tertiary/aromatic N) is 3. The van der Waals surface area contributed by atoms with Crippen molar-refractivity contribution in [3.8, 4) is 0 Å². The third kappa shape index (κ3) is 4.48. The van der Waals surface area contributed by atoms with Crippen LogP contribution in [0.2, 0.25) is 0 Å². The fraction of sp³-hybridized carbons (Fsp3) is 0.312. The molecule has 2 aromatic rings. The van der Waals surface area contributed by atoms with Gasteiger partial charge in [-0.05, 0) is 30.5 Å². The second-order valence-corrected chi connectivity index (χ2v) is 5.66. The minimum atomic E-state index is -0.382. The summed E-state index contributed by atoms with van der Waals surface area (Å²) in [5.41, 5.74) is 0.765. The van der Waals surface area contributed by atoms with Crippen LogP contribution in [0.3, 0.4) is 0 Å². The number of hydrogen-bond donors (Lipinski definition) is 3. The molecule has 3 N–H and O–H groups in total. The highest BCUT2D eigenvalue weighted by Gasteiger charge is 2.22. The lowest BCUT2D eigenvalue weighted by Gasteiger charge is -2.18. The van der Waals surface area contributed by atoms with E-state index in [1.165, 1.54) is 0 Å². The predicted molar refractivity (Wildman–Crippen MR) is 89.1 cm³/mol. The van der Waals surface area contributed by atoms with Gasteiger partial charge in [0.15, 0.2) is 5.82 Å². The molecule has 1 unspecified atom stereocenters. The van der Waals surface area contributed by atoms with Crippen LogP contribution in [0.4, 0.5) is 5.69 Å². The Morgan fingerprint density at radius 1 is 1.33 bits per heavy atom. The third-order valence-corrected chi connectivity index (χ3v) is 3.30. The molecule has 1 heterocycles. The summed E-state index contributed by atoms with van der Waals surface area (Å²) in [6, 6.07) is 6.38. The highest BCUT2D eigenvalue weighted by Crippen LogP contribution is 2.20. The molecule has 1 aromatic heterocycles. The molecule has 0 spiro atoms. The van der Waals surface area contributed by atoms with Crippen molar-refractivity contribution in [2.24, 2.45) is 5.92 Å². The van der Waals surface area contributed by atoms with Crippen molar-refractivity contribution in [2.45, 2.75) is 26.3 Å². The Morgan fingerprint density at radius 2 is 2.08 bits per heavy atom. The van der Waals surface area contributed by atoms with Gasteiger partial charge in [0, 0.05) is 0 Å². The topological polar surface area (TPSA) is 113 Å². The molecule has 8 nitrogen and oxygen atoms in total. The molecule has 2 amide bonds. The average molecular weight is 328 g/mol. The van der Waals surface area contributed by atoms with Gasteiger partial charge >= 0.3 is 0 Å². The number of carbonyl (C=O) groups is 2. The Hall–Kier alpha value is -3.03. The summed E-state index contributed by atoms with van der Waals surface area (Å²) in [5.74, 6) is 0.0340. The predicted octanol–water partition coefficient (Wildman–Crippen LogP) is 1.84. The van der Waals surface area contributed by atoms with Crippen LogP contribution in [0.25, 0.3) is 0 Å². The normalized spacial score (nSPS) is 11.8. The number of H-pyrrole nitrogens is 1. The number of hydrogen-bond acceptors (Lipinski definition) is 5. The first-order chi connectivity index (χ1) is 11.5. The Kier molecular flexibility index (Phi) is 5.78. The number of para-hydroxylation sites is 1. The van der Waals surface area contributed by atoms with Crippen LogP contribution in [0, 0.1) is 5.92 Å². The number of aromatic amines is 1. The van der Waals surface area contributed by atoms with Crippen LogP contribution in [-0.4, -0.2) is 32.4 Å². The lowest BCUT2D eigenvalue weighted by atomic mass is 10.0. The smallest absolute Gasteiger partial charge is 0.253 e. The monoisotopic (exact) mass is 328 g/mol. The molecule has 0 saturated carbocycles. The Morgan fingerprint density at radius 3 is 2.71 bits per heavy atom. The highest BCUT2D eigenvalue weighted by molar-refractivity contribution is 6.06. The van der Waals surface area contributed by atoms with Crippen molar-refractivity contribution >= 4 is 17.5 Å². The van der Waals surface area contributed by atoms with Crippen LogP contribution in [-0.2, 0) is 4.79 Å². The molecule has 126 valence electrons. The summed E-state index contributed by atoms with van der Waals surface area (Å²) in [5, 5.41) is 19.4. The fourth-order valence-corrected chi connectivity index (χ4v) is 2.23. The minimum absolute atomic E-state index is 0.324. The highest BCUT2D eigenvalue weighted by atomic mass is 16.2. The molecule has 0 aliphatic rings. The van der Waals surface area contributed by atoms with Crippen LogP contribution in [0.5, 0.6) is 0 Å². The Labute approximate surface area is 139 Å². The SMILES string of the molecule is C=CC(=O)Nc1ccccc1C(=O)NC(CC(C)C)c1nn[nH]n1. The number of aromatic nitrogens is 4. The lowest BCUT2D eigenvalue weighted by Crippen LogP contribution is -2.31. The van der Waals surface area contributed by atoms with E-state index in [2.05, 4.69) is 37.8 Å². The van der Waals surface area contributed by atoms with Gasteiger partial charge in [-0.3, -0.25) is 9.59 Å². The molecule has 1 atom stereocenters. The van der Waals surface area contributed by atoms with Crippen molar-refractivity contribution in [1.29, 1.82) is 0 Å². The third-order valence-electron chi connectivity index (χ3n) is 3.30. The van der Waals surface area contributed by atoms with Crippen LogP contribution < -0.4 is 10.6 Å². The van der Waals surface area contributed by atoms with Crippen molar-refractivity contribution in [3.63, 3.8) is 0 Å². The number of nitrogens with one attached hydrogen (secondary N) is 3. The van der Waals surface area contributed by atoms with E-state index in [0.29, 0.717) is 29.4 Å². The van der Waals surface area contributed by atoms with Crippen molar-refractivity contribution in [2.75, 3.05) is 5.32 Å². The van der Waals surface area contributed by atoms with E-state index in [0.717, 1.165) is 6.08 Å². The second-order valence-electron chi connectivity index (χ2n) is 5.66. The van der Waals surface area contributed by atoms with Crippen molar-refractivity contribution in [1.82, 2.24) is 25.9 Å². The van der Waals surface area contributed by atoms with Crippen LogP contribution >= 0.6 is 0 Å². The van der Waals surface area contributed by atoms with Gasteiger partial charge in [0.05, 0.1) is 17.3 Å². The van der Waals surface area contributed by atoms with Crippen LogP contribution in [0.1, 0.15) is 42.5 Å². The van der Waals surface area contributed by atoms with E-state index in [1.54, 1.807) is 24.3 Å². The molecular formula is C16H20N6O2. The van der Waals surface area contributed by atoms with E-state index in [4.69, 9.17) is 0 Å². The van der Waals surface area contributed by atoms with Gasteiger partial charge in [0.25, 0.3) is 5.91 Å². The molecule has 0 aliphatic heterocycles. The summed E-state index contributed by atoms with van der Waals surface area (Å²) in [7, 11) is 0. The molecule has 1 aromatic carbocycles. The number of amides is 2. The summed E-state index contributed by atoms with van der Waals surface area (Å²) >= 11 is 0. The summed E-state index contributed by atoms with van der Waals surface area (Å²) in [6.07, 6.45) is 1.81. The van der Waals surface area contributed by atoms with Gasteiger partial charge in [0.2, 0.25) is 5.91 Å². The number of rotatable bonds is 7. The average Bonchev–Trinajstić information content (AvgIpc) is 3.08. The number of carbonyl (C=O) groups excluding carboxylic acids is 2. The van der Waals surface area contributed by atoms with Gasteiger partial charge in [-0.1, -0.05) is 37.8 Å². The largest absolute Gasteiger partial charge is 0.342 e. The maximum Gasteiger partial charge on any atom is 0.253 e. The molecule has 0 radical (unpaired) electrons. The van der Waals surface area contributed by atoms with Crippen molar-refractivity contribution in [3.05, 3.63) is 48.3 Å². The number of tetrazole rings is 1. The molecule has 0 fully saturated rings. The fourth-order valence-electron chi connectivity index (χ4n) is 2.23. The first kappa shape index (κ1) is 17.3. The first-order valence-electron chi connectivity index (χ1n) is 7.58. The van der Waals surface area contributed by atoms with Gasteiger partial charge in [-0.25, -0.2) is 0 Å². The maximum atomic E-state index is 12.6.